The molecule has 1 aromatic carbocycles. The molecule has 7 heteroatoms. The lowest BCUT2D eigenvalue weighted by atomic mass is 9.87. The van der Waals surface area contributed by atoms with Crippen LogP contribution in [0.5, 0.6) is 0 Å². The molecule has 1 saturated heterocycles. The van der Waals surface area contributed by atoms with Gasteiger partial charge in [-0.3, -0.25) is 19.5 Å². The van der Waals surface area contributed by atoms with Crippen LogP contribution in [-0.2, 0) is 15.0 Å². The van der Waals surface area contributed by atoms with Crippen LogP contribution in [0.3, 0.4) is 0 Å². The first-order valence-corrected chi connectivity index (χ1v) is 13.0. The average molecular weight is 488 g/mol. The minimum absolute atomic E-state index is 0.0402. The molecule has 2 amide bonds. The fourth-order valence-electron chi connectivity index (χ4n) is 5.20. The molecular formula is C29H37N5O2. The standard InChI is InChI=1S/C29H37N5O2/c1-29(2,3)22-11-13-24(14-12-22)34(28(36)25-16-20(17-30)18-32-25)26(21-8-7-15-31-19-21)27(35)33-23-9-5-4-6-10-23/h7-8,11-15,19-20,23,25-26,32H,4-6,9-10,16,18H2,1-3H3,(H,33,35)/t20-,25-,26?/m1/s1. The van der Waals surface area contributed by atoms with Crippen LogP contribution in [0.4, 0.5) is 5.69 Å². The van der Waals surface area contributed by atoms with Crippen molar-refractivity contribution < 1.29 is 9.59 Å². The molecule has 1 aromatic heterocycles. The zero-order valence-corrected chi connectivity index (χ0v) is 21.5. The molecule has 1 unspecified atom stereocenters. The summed E-state index contributed by atoms with van der Waals surface area (Å²) in [6, 6.07) is 12.5. The maximum absolute atomic E-state index is 14.1. The van der Waals surface area contributed by atoms with E-state index >= 15 is 0 Å². The van der Waals surface area contributed by atoms with Gasteiger partial charge in [0.2, 0.25) is 11.8 Å². The molecule has 4 rings (SSSR count). The molecule has 190 valence electrons. The summed E-state index contributed by atoms with van der Waals surface area (Å²) in [7, 11) is 0. The Morgan fingerprint density at radius 2 is 1.86 bits per heavy atom. The van der Waals surface area contributed by atoms with Gasteiger partial charge in [-0.1, -0.05) is 58.2 Å². The van der Waals surface area contributed by atoms with Crippen molar-refractivity contribution in [3.63, 3.8) is 0 Å². The van der Waals surface area contributed by atoms with E-state index in [0.717, 1.165) is 31.2 Å². The third-order valence-electron chi connectivity index (χ3n) is 7.32. The number of nitrogens with zero attached hydrogens (tertiary/aromatic N) is 3. The second-order valence-corrected chi connectivity index (χ2v) is 11.1. The normalized spacial score (nSPS) is 21.4. The van der Waals surface area contributed by atoms with Gasteiger partial charge in [0, 0.05) is 36.2 Å². The minimum Gasteiger partial charge on any atom is -0.351 e. The molecule has 2 fully saturated rings. The molecule has 2 heterocycles. The highest BCUT2D eigenvalue weighted by Gasteiger charge is 2.40. The molecule has 1 aliphatic carbocycles. The van der Waals surface area contributed by atoms with Gasteiger partial charge in [-0.15, -0.1) is 0 Å². The number of benzene rings is 1. The zero-order valence-electron chi connectivity index (χ0n) is 21.5. The summed E-state index contributed by atoms with van der Waals surface area (Å²) in [5.41, 5.74) is 2.42. The second kappa shape index (κ2) is 11.2. The lowest BCUT2D eigenvalue weighted by molar-refractivity contribution is -0.128. The molecule has 2 aromatic rings. The van der Waals surface area contributed by atoms with Crippen molar-refractivity contribution in [1.82, 2.24) is 15.6 Å². The Balaban J connectivity index is 1.74. The molecule has 3 atom stereocenters. The van der Waals surface area contributed by atoms with Crippen molar-refractivity contribution in [1.29, 1.82) is 5.26 Å². The summed E-state index contributed by atoms with van der Waals surface area (Å²) >= 11 is 0. The summed E-state index contributed by atoms with van der Waals surface area (Å²) in [6.45, 7) is 6.90. The van der Waals surface area contributed by atoms with E-state index in [4.69, 9.17) is 0 Å². The van der Waals surface area contributed by atoms with E-state index < -0.39 is 12.1 Å². The smallest absolute Gasteiger partial charge is 0.248 e. The number of aromatic nitrogens is 1. The first-order valence-electron chi connectivity index (χ1n) is 13.0. The van der Waals surface area contributed by atoms with Crippen molar-refractivity contribution >= 4 is 17.5 Å². The van der Waals surface area contributed by atoms with Gasteiger partial charge in [-0.05, 0) is 48.4 Å². The number of carbonyl (C=O) groups excluding carboxylic acids is 2. The Morgan fingerprint density at radius 1 is 1.14 bits per heavy atom. The van der Waals surface area contributed by atoms with Gasteiger partial charge < -0.3 is 10.6 Å². The summed E-state index contributed by atoms with van der Waals surface area (Å²) in [6.07, 6.45) is 9.05. The zero-order chi connectivity index (χ0) is 25.7. The van der Waals surface area contributed by atoms with Crippen LogP contribution in [0.25, 0.3) is 0 Å². The minimum atomic E-state index is -0.864. The van der Waals surface area contributed by atoms with E-state index in [2.05, 4.69) is 42.5 Å². The van der Waals surface area contributed by atoms with Gasteiger partial charge in [0.25, 0.3) is 0 Å². The molecule has 0 spiro atoms. The molecule has 2 N–H and O–H groups in total. The number of anilines is 1. The number of amides is 2. The maximum Gasteiger partial charge on any atom is 0.248 e. The van der Waals surface area contributed by atoms with Gasteiger partial charge in [-0.2, -0.15) is 5.26 Å². The molecule has 1 aliphatic heterocycles. The molecule has 2 aliphatic rings. The lowest BCUT2D eigenvalue weighted by Gasteiger charge is -2.35. The third-order valence-corrected chi connectivity index (χ3v) is 7.32. The lowest BCUT2D eigenvalue weighted by Crippen LogP contribution is -2.51. The van der Waals surface area contributed by atoms with Crippen molar-refractivity contribution in [2.24, 2.45) is 5.92 Å². The third kappa shape index (κ3) is 5.93. The molecule has 0 radical (unpaired) electrons. The molecule has 1 saturated carbocycles. The van der Waals surface area contributed by atoms with Crippen LogP contribution in [-0.4, -0.2) is 35.4 Å². The van der Waals surface area contributed by atoms with Crippen LogP contribution in [0.1, 0.15) is 76.5 Å². The van der Waals surface area contributed by atoms with Gasteiger partial charge >= 0.3 is 0 Å². The average Bonchev–Trinajstić information content (AvgIpc) is 3.37. The van der Waals surface area contributed by atoms with Crippen molar-refractivity contribution in [3.05, 3.63) is 59.9 Å². The Hall–Kier alpha value is -3.24. The maximum atomic E-state index is 14.1. The van der Waals surface area contributed by atoms with Crippen LogP contribution < -0.4 is 15.5 Å². The number of nitrogens with one attached hydrogen (secondary N) is 2. The predicted octanol–water partition coefficient (Wildman–Crippen LogP) is 4.40. The van der Waals surface area contributed by atoms with E-state index in [1.165, 1.54) is 6.42 Å². The van der Waals surface area contributed by atoms with Crippen molar-refractivity contribution in [3.8, 4) is 6.07 Å². The van der Waals surface area contributed by atoms with E-state index in [9.17, 15) is 14.9 Å². The highest BCUT2D eigenvalue weighted by atomic mass is 16.2. The van der Waals surface area contributed by atoms with E-state index in [1.807, 2.05) is 30.3 Å². The monoisotopic (exact) mass is 487 g/mol. The van der Waals surface area contributed by atoms with Gasteiger partial charge in [-0.25, -0.2) is 0 Å². The highest BCUT2D eigenvalue weighted by molar-refractivity contribution is 6.04. The van der Waals surface area contributed by atoms with E-state index in [-0.39, 0.29) is 29.2 Å². The van der Waals surface area contributed by atoms with E-state index in [0.29, 0.717) is 24.2 Å². The van der Waals surface area contributed by atoms with Gasteiger partial charge in [0.05, 0.1) is 18.0 Å². The number of carbonyl (C=O) groups is 2. The van der Waals surface area contributed by atoms with Crippen LogP contribution in [0, 0.1) is 17.2 Å². The quantitative estimate of drug-likeness (QED) is 0.629. The van der Waals surface area contributed by atoms with E-state index in [1.54, 1.807) is 23.4 Å². The molecule has 7 nitrogen and oxygen atoms in total. The SMILES string of the molecule is CC(C)(C)c1ccc(N(C(=O)[C@H]2C[C@H](C#N)CN2)C(C(=O)NC2CCCCC2)c2cccnc2)cc1. The van der Waals surface area contributed by atoms with Crippen LogP contribution in [0.2, 0.25) is 0 Å². The Bertz CT molecular complexity index is 1080. The number of hydrogen-bond donors (Lipinski definition) is 2. The molecular weight excluding hydrogens is 450 g/mol. The number of nitriles is 1. The first-order chi connectivity index (χ1) is 17.3. The van der Waals surface area contributed by atoms with Gasteiger partial charge in [0.15, 0.2) is 0 Å². The fourth-order valence-corrected chi connectivity index (χ4v) is 5.20. The Labute approximate surface area is 214 Å². The first kappa shape index (κ1) is 25.8. The predicted molar refractivity (Wildman–Crippen MR) is 140 cm³/mol. The Kier molecular flexibility index (Phi) is 8.05. The fraction of sp³-hybridized carbons (Fsp3) is 0.517. The van der Waals surface area contributed by atoms with Crippen molar-refractivity contribution in [2.75, 3.05) is 11.4 Å². The number of rotatable bonds is 6. The summed E-state index contributed by atoms with van der Waals surface area (Å²) in [4.78, 5) is 33.8. The highest BCUT2D eigenvalue weighted by Crippen LogP contribution is 2.33. The van der Waals surface area contributed by atoms with Crippen LogP contribution >= 0.6 is 0 Å². The molecule has 0 bridgehead atoms. The number of pyridine rings is 1. The van der Waals surface area contributed by atoms with Crippen molar-refractivity contribution in [2.45, 2.75) is 82.8 Å². The summed E-state index contributed by atoms with van der Waals surface area (Å²) in [5, 5.41) is 15.8. The second-order valence-electron chi connectivity index (χ2n) is 11.1. The van der Waals surface area contributed by atoms with Crippen LogP contribution in [0.15, 0.2) is 48.8 Å². The topological polar surface area (TPSA) is 98.1 Å². The summed E-state index contributed by atoms with van der Waals surface area (Å²) in [5.74, 6) is -0.626. The Morgan fingerprint density at radius 3 is 2.44 bits per heavy atom. The van der Waals surface area contributed by atoms with Gasteiger partial charge in [0.1, 0.15) is 6.04 Å². The summed E-state index contributed by atoms with van der Waals surface area (Å²) < 4.78 is 0. The number of hydrogen-bond acceptors (Lipinski definition) is 5. The largest absolute Gasteiger partial charge is 0.351 e. The molecule has 36 heavy (non-hydrogen) atoms.